The van der Waals surface area contributed by atoms with Gasteiger partial charge in [0.2, 0.25) is 0 Å². The Balaban J connectivity index is 2.34. The van der Waals surface area contributed by atoms with E-state index in [1.165, 1.54) is 14.2 Å². The van der Waals surface area contributed by atoms with E-state index in [1.54, 1.807) is 23.5 Å². The zero-order valence-electron chi connectivity index (χ0n) is 12.2. The Morgan fingerprint density at radius 1 is 1.14 bits per heavy atom. The largest absolute Gasteiger partial charge is 0.495 e. The number of carbonyl (C=O) groups excluding carboxylic acids is 1. The molecule has 1 aromatic carbocycles. The summed E-state index contributed by atoms with van der Waals surface area (Å²) in [5, 5.41) is 3.26. The Bertz CT molecular complexity index is 682. The molecule has 0 aliphatic heterocycles. The van der Waals surface area contributed by atoms with E-state index in [9.17, 15) is 4.79 Å². The van der Waals surface area contributed by atoms with E-state index in [2.05, 4.69) is 5.32 Å². The van der Waals surface area contributed by atoms with Crippen molar-refractivity contribution in [3.8, 4) is 11.5 Å². The van der Waals surface area contributed by atoms with Crippen molar-refractivity contribution in [1.82, 2.24) is 0 Å². The van der Waals surface area contributed by atoms with Gasteiger partial charge in [0.25, 0.3) is 5.91 Å². The number of rotatable bonds is 4. The summed E-state index contributed by atoms with van der Waals surface area (Å²) < 4.78 is 10.4. The Labute approximate surface area is 132 Å². The molecule has 0 fully saturated rings. The summed E-state index contributed by atoms with van der Waals surface area (Å²) in [7, 11) is 3.04. The molecule has 1 N–H and O–H groups in total. The van der Waals surface area contributed by atoms with Gasteiger partial charge in [-0.05, 0) is 19.9 Å². The third kappa shape index (κ3) is 3.31. The number of anilines is 1. The van der Waals surface area contributed by atoms with E-state index in [0.29, 0.717) is 27.8 Å². The molecule has 0 unspecified atom stereocenters. The van der Waals surface area contributed by atoms with Crippen LogP contribution in [0.5, 0.6) is 11.5 Å². The molecule has 4 nitrogen and oxygen atoms in total. The lowest BCUT2D eigenvalue weighted by molar-refractivity contribution is 0.102. The first-order valence-electron chi connectivity index (χ1n) is 6.26. The van der Waals surface area contributed by atoms with Crippen molar-refractivity contribution in [1.29, 1.82) is 0 Å². The maximum Gasteiger partial charge on any atom is 0.256 e. The molecule has 112 valence electrons. The quantitative estimate of drug-likeness (QED) is 0.912. The van der Waals surface area contributed by atoms with Gasteiger partial charge < -0.3 is 14.8 Å². The first-order valence-corrected chi connectivity index (χ1v) is 7.45. The second-order valence-corrected chi connectivity index (χ2v) is 6.34. The van der Waals surface area contributed by atoms with Crippen molar-refractivity contribution >= 4 is 34.5 Å². The molecule has 1 aromatic heterocycles. The van der Waals surface area contributed by atoms with Crippen molar-refractivity contribution < 1.29 is 14.3 Å². The highest BCUT2D eigenvalue weighted by molar-refractivity contribution is 7.12. The van der Waals surface area contributed by atoms with Crippen LogP contribution in [0.15, 0.2) is 18.2 Å². The van der Waals surface area contributed by atoms with E-state index in [4.69, 9.17) is 21.1 Å². The molecule has 0 aliphatic rings. The minimum atomic E-state index is -0.181. The van der Waals surface area contributed by atoms with Gasteiger partial charge in [-0.3, -0.25) is 4.79 Å². The van der Waals surface area contributed by atoms with Crippen LogP contribution in [0.1, 0.15) is 20.1 Å². The molecular weight excluding hydrogens is 310 g/mol. The smallest absolute Gasteiger partial charge is 0.256 e. The van der Waals surface area contributed by atoms with E-state index >= 15 is 0 Å². The first-order chi connectivity index (χ1) is 9.96. The predicted octanol–water partition coefficient (Wildman–Crippen LogP) is 4.29. The third-order valence-corrected chi connectivity index (χ3v) is 4.27. The van der Waals surface area contributed by atoms with Crippen LogP contribution in [0.3, 0.4) is 0 Å². The number of halogens is 1. The number of aryl methyl sites for hydroxylation is 2. The van der Waals surface area contributed by atoms with E-state index in [-0.39, 0.29) is 5.91 Å². The number of carbonyl (C=O) groups is 1. The fraction of sp³-hybridized carbons (Fsp3) is 0.267. The monoisotopic (exact) mass is 325 g/mol. The summed E-state index contributed by atoms with van der Waals surface area (Å²) >= 11 is 7.64. The van der Waals surface area contributed by atoms with Crippen LogP contribution in [0.2, 0.25) is 5.02 Å². The molecule has 0 radical (unpaired) electrons. The summed E-state index contributed by atoms with van der Waals surface area (Å²) in [4.78, 5) is 14.4. The van der Waals surface area contributed by atoms with Crippen molar-refractivity contribution in [2.45, 2.75) is 13.8 Å². The minimum absolute atomic E-state index is 0.181. The first kappa shape index (κ1) is 15.7. The zero-order valence-corrected chi connectivity index (χ0v) is 13.8. The summed E-state index contributed by atoms with van der Waals surface area (Å²) in [5.74, 6) is 0.782. The van der Waals surface area contributed by atoms with Crippen LogP contribution in [-0.2, 0) is 0 Å². The summed E-state index contributed by atoms with van der Waals surface area (Å²) in [6, 6.07) is 5.13. The van der Waals surface area contributed by atoms with E-state index < -0.39 is 0 Å². The molecule has 1 amide bonds. The normalized spacial score (nSPS) is 10.3. The molecule has 0 saturated carbocycles. The van der Waals surface area contributed by atoms with Crippen molar-refractivity contribution in [2.24, 2.45) is 0 Å². The van der Waals surface area contributed by atoms with Crippen molar-refractivity contribution in [3.05, 3.63) is 38.5 Å². The van der Waals surface area contributed by atoms with Gasteiger partial charge in [-0.1, -0.05) is 11.6 Å². The maximum absolute atomic E-state index is 12.4. The minimum Gasteiger partial charge on any atom is -0.495 e. The highest BCUT2D eigenvalue weighted by atomic mass is 35.5. The molecule has 2 aromatic rings. The molecular formula is C15H16ClNO3S. The molecule has 0 saturated heterocycles. The lowest BCUT2D eigenvalue weighted by atomic mass is 10.2. The van der Waals surface area contributed by atoms with Gasteiger partial charge in [-0.2, -0.15) is 0 Å². The van der Waals surface area contributed by atoms with Gasteiger partial charge in [0.15, 0.2) is 0 Å². The Morgan fingerprint density at radius 3 is 2.33 bits per heavy atom. The van der Waals surface area contributed by atoms with Crippen LogP contribution < -0.4 is 14.8 Å². The molecule has 6 heteroatoms. The average Bonchev–Trinajstić information content (AvgIpc) is 2.79. The summed E-state index contributed by atoms with van der Waals surface area (Å²) in [6.45, 7) is 3.90. The molecule has 0 spiro atoms. The SMILES string of the molecule is COc1cc(NC(=O)c2cc(C)sc2C)c(OC)cc1Cl. The van der Waals surface area contributed by atoms with Gasteiger partial charge in [0, 0.05) is 21.9 Å². The van der Waals surface area contributed by atoms with Crippen molar-refractivity contribution in [3.63, 3.8) is 0 Å². The van der Waals surface area contributed by atoms with Gasteiger partial charge in [0.1, 0.15) is 11.5 Å². The fourth-order valence-corrected chi connectivity index (χ4v) is 3.16. The Kier molecular flexibility index (Phi) is 4.75. The van der Waals surface area contributed by atoms with E-state index in [0.717, 1.165) is 9.75 Å². The van der Waals surface area contributed by atoms with Crippen LogP contribution in [0.4, 0.5) is 5.69 Å². The number of benzene rings is 1. The van der Waals surface area contributed by atoms with E-state index in [1.807, 2.05) is 19.9 Å². The topological polar surface area (TPSA) is 47.6 Å². The molecule has 1 heterocycles. The lowest BCUT2D eigenvalue weighted by Crippen LogP contribution is -2.13. The second-order valence-electron chi connectivity index (χ2n) is 4.47. The van der Waals surface area contributed by atoms with Gasteiger partial charge in [0.05, 0.1) is 30.5 Å². The second kappa shape index (κ2) is 6.37. The third-order valence-electron chi connectivity index (χ3n) is 3.01. The highest BCUT2D eigenvalue weighted by Gasteiger charge is 2.16. The summed E-state index contributed by atoms with van der Waals surface area (Å²) in [6.07, 6.45) is 0. The zero-order chi connectivity index (χ0) is 15.6. The molecule has 0 bridgehead atoms. The molecule has 0 aliphatic carbocycles. The Morgan fingerprint density at radius 2 is 1.81 bits per heavy atom. The van der Waals surface area contributed by atoms with Crippen LogP contribution >= 0.6 is 22.9 Å². The fourth-order valence-electron chi connectivity index (χ4n) is 2.00. The van der Waals surface area contributed by atoms with Gasteiger partial charge in [-0.15, -0.1) is 11.3 Å². The molecule has 21 heavy (non-hydrogen) atoms. The molecule has 0 atom stereocenters. The van der Waals surface area contributed by atoms with Crippen LogP contribution in [0, 0.1) is 13.8 Å². The number of ether oxygens (including phenoxy) is 2. The van der Waals surface area contributed by atoms with Crippen LogP contribution in [-0.4, -0.2) is 20.1 Å². The number of hydrogen-bond acceptors (Lipinski definition) is 4. The standard InChI is InChI=1S/C15H16ClNO3S/c1-8-5-10(9(2)21-8)15(18)17-12-7-13(19-3)11(16)6-14(12)20-4/h5-7H,1-4H3,(H,17,18). The van der Waals surface area contributed by atoms with Gasteiger partial charge >= 0.3 is 0 Å². The lowest BCUT2D eigenvalue weighted by Gasteiger charge is -2.13. The Hall–Kier alpha value is -1.72. The van der Waals surface area contributed by atoms with Gasteiger partial charge in [-0.25, -0.2) is 0 Å². The number of hydrogen-bond donors (Lipinski definition) is 1. The summed E-state index contributed by atoms with van der Waals surface area (Å²) in [5.41, 5.74) is 1.18. The predicted molar refractivity (Wildman–Crippen MR) is 86.3 cm³/mol. The van der Waals surface area contributed by atoms with Crippen LogP contribution in [0.25, 0.3) is 0 Å². The number of methoxy groups -OCH3 is 2. The van der Waals surface area contributed by atoms with Crippen molar-refractivity contribution in [2.75, 3.05) is 19.5 Å². The number of amides is 1. The maximum atomic E-state index is 12.4. The number of nitrogens with one attached hydrogen (secondary N) is 1. The highest BCUT2D eigenvalue weighted by Crippen LogP contribution is 2.36. The average molecular weight is 326 g/mol. The molecule has 2 rings (SSSR count). The number of thiophene rings is 1.